The number of amides is 1. The summed E-state index contributed by atoms with van der Waals surface area (Å²) in [7, 11) is 0. The SMILES string of the molecule is Cc1ccc(CN(Cc2ccc(F)cc2)Cc2nc(C(=O)Nc3ccccc3F)cs2)cc1. The van der Waals surface area contributed by atoms with E-state index in [0.29, 0.717) is 19.6 Å². The fraction of sp³-hybridized carbons (Fsp3) is 0.154. The van der Waals surface area contributed by atoms with Gasteiger partial charge in [-0.1, -0.05) is 54.1 Å². The van der Waals surface area contributed by atoms with Crippen LogP contribution < -0.4 is 5.32 Å². The van der Waals surface area contributed by atoms with Gasteiger partial charge in [-0.3, -0.25) is 9.69 Å². The molecule has 1 aromatic heterocycles. The number of hydrogen-bond acceptors (Lipinski definition) is 4. The van der Waals surface area contributed by atoms with Crippen LogP contribution in [0.1, 0.15) is 32.2 Å². The first kappa shape index (κ1) is 22.8. The Morgan fingerprint density at radius 2 is 1.55 bits per heavy atom. The number of benzene rings is 3. The fourth-order valence-electron chi connectivity index (χ4n) is 3.40. The molecule has 4 aromatic rings. The Morgan fingerprint density at radius 3 is 2.21 bits per heavy atom. The molecule has 168 valence electrons. The lowest BCUT2D eigenvalue weighted by molar-refractivity contribution is 0.102. The molecular formula is C26H23F2N3OS. The number of rotatable bonds is 8. The zero-order chi connectivity index (χ0) is 23.2. The van der Waals surface area contributed by atoms with Crippen molar-refractivity contribution in [1.29, 1.82) is 0 Å². The molecule has 0 aliphatic carbocycles. The number of hydrogen-bond donors (Lipinski definition) is 1. The summed E-state index contributed by atoms with van der Waals surface area (Å²) >= 11 is 1.38. The van der Waals surface area contributed by atoms with Gasteiger partial charge in [-0.25, -0.2) is 13.8 Å². The van der Waals surface area contributed by atoms with Gasteiger partial charge in [-0.15, -0.1) is 11.3 Å². The van der Waals surface area contributed by atoms with E-state index in [1.165, 1.54) is 41.2 Å². The summed E-state index contributed by atoms with van der Waals surface area (Å²) in [6, 6.07) is 20.8. The summed E-state index contributed by atoms with van der Waals surface area (Å²) in [5, 5.41) is 5.01. The van der Waals surface area contributed by atoms with E-state index in [4.69, 9.17) is 0 Å². The summed E-state index contributed by atoms with van der Waals surface area (Å²) in [5.41, 5.74) is 3.69. The number of para-hydroxylation sites is 1. The third-order valence-corrected chi connectivity index (χ3v) is 5.95. The van der Waals surface area contributed by atoms with E-state index in [1.807, 2.05) is 6.92 Å². The molecule has 0 atom stereocenters. The van der Waals surface area contributed by atoms with Gasteiger partial charge in [0.15, 0.2) is 0 Å². The number of carbonyl (C=O) groups excluding carboxylic acids is 1. The van der Waals surface area contributed by atoms with Crippen molar-refractivity contribution in [3.63, 3.8) is 0 Å². The first-order valence-corrected chi connectivity index (χ1v) is 11.4. The maximum absolute atomic E-state index is 13.8. The van der Waals surface area contributed by atoms with Gasteiger partial charge >= 0.3 is 0 Å². The van der Waals surface area contributed by atoms with Crippen molar-refractivity contribution in [2.45, 2.75) is 26.6 Å². The average molecular weight is 464 g/mol. The van der Waals surface area contributed by atoms with Crippen LogP contribution in [0, 0.1) is 18.6 Å². The molecular weight excluding hydrogens is 440 g/mol. The van der Waals surface area contributed by atoms with Crippen LogP contribution in [-0.2, 0) is 19.6 Å². The van der Waals surface area contributed by atoms with Crippen LogP contribution in [0.2, 0.25) is 0 Å². The molecule has 33 heavy (non-hydrogen) atoms. The van der Waals surface area contributed by atoms with Crippen molar-refractivity contribution in [2.24, 2.45) is 0 Å². The smallest absolute Gasteiger partial charge is 0.275 e. The molecule has 0 bridgehead atoms. The van der Waals surface area contributed by atoms with Crippen molar-refractivity contribution < 1.29 is 13.6 Å². The molecule has 0 fully saturated rings. The van der Waals surface area contributed by atoms with Crippen LogP contribution in [0.4, 0.5) is 14.5 Å². The number of anilines is 1. The minimum absolute atomic E-state index is 0.120. The van der Waals surface area contributed by atoms with Gasteiger partial charge in [0.1, 0.15) is 22.3 Å². The number of nitrogens with zero attached hydrogens (tertiary/aromatic N) is 2. The lowest BCUT2D eigenvalue weighted by atomic mass is 10.1. The molecule has 4 rings (SSSR count). The fourth-order valence-corrected chi connectivity index (χ4v) is 4.21. The van der Waals surface area contributed by atoms with Crippen molar-refractivity contribution in [1.82, 2.24) is 9.88 Å². The second kappa shape index (κ2) is 10.5. The third kappa shape index (κ3) is 6.31. The van der Waals surface area contributed by atoms with Crippen molar-refractivity contribution >= 4 is 22.9 Å². The molecule has 0 spiro atoms. The van der Waals surface area contributed by atoms with Crippen molar-refractivity contribution in [3.8, 4) is 0 Å². The zero-order valence-corrected chi connectivity index (χ0v) is 18.9. The minimum Gasteiger partial charge on any atom is -0.318 e. The van der Waals surface area contributed by atoms with Crippen LogP contribution in [0.25, 0.3) is 0 Å². The molecule has 1 heterocycles. The number of thiazole rings is 1. The first-order valence-electron chi connectivity index (χ1n) is 10.5. The Balaban J connectivity index is 1.48. The van der Waals surface area contributed by atoms with E-state index in [0.717, 1.165) is 16.1 Å². The van der Waals surface area contributed by atoms with Crippen molar-refractivity contribution in [3.05, 3.63) is 117 Å². The zero-order valence-electron chi connectivity index (χ0n) is 18.1. The molecule has 0 aliphatic heterocycles. The highest BCUT2D eigenvalue weighted by Crippen LogP contribution is 2.19. The molecule has 3 aromatic carbocycles. The van der Waals surface area contributed by atoms with E-state index < -0.39 is 11.7 Å². The summed E-state index contributed by atoms with van der Waals surface area (Å²) in [5.74, 6) is -1.22. The highest BCUT2D eigenvalue weighted by atomic mass is 32.1. The number of carbonyl (C=O) groups is 1. The van der Waals surface area contributed by atoms with Gasteiger partial charge in [-0.2, -0.15) is 0 Å². The topological polar surface area (TPSA) is 45.2 Å². The van der Waals surface area contributed by atoms with Crippen LogP contribution in [0.5, 0.6) is 0 Å². The first-order chi connectivity index (χ1) is 16.0. The highest BCUT2D eigenvalue weighted by molar-refractivity contribution is 7.09. The molecule has 4 nitrogen and oxygen atoms in total. The van der Waals surface area contributed by atoms with Gasteiger partial charge in [-0.05, 0) is 42.3 Å². The van der Waals surface area contributed by atoms with Crippen LogP contribution >= 0.6 is 11.3 Å². The Hall–Kier alpha value is -3.42. The maximum Gasteiger partial charge on any atom is 0.275 e. The number of aromatic nitrogens is 1. The third-order valence-electron chi connectivity index (χ3n) is 5.11. The molecule has 7 heteroatoms. The molecule has 1 N–H and O–H groups in total. The summed E-state index contributed by atoms with van der Waals surface area (Å²) < 4.78 is 27.2. The lowest BCUT2D eigenvalue weighted by Gasteiger charge is -2.21. The molecule has 0 aliphatic rings. The Labute approximate surface area is 195 Å². The van der Waals surface area contributed by atoms with Crippen molar-refractivity contribution in [2.75, 3.05) is 5.32 Å². The Kier molecular flexibility index (Phi) is 7.22. The highest BCUT2D eigenvalue weighted by Gasteiger charge is 2.16. The van der Waals surface area contributed by atoms with Gasteiger partial charge < -0.3 is 5.32 Å². The van der Waals surface area contributed by atoms with E-state index >= 15 is 0 Å². The average Bonchev–Trinajstić information content (AvgIpc) is 3.27. The number of halogens is 2. The van der Waals surface area contributed by atoms with Crippen LogP contribution in [0.3, 0.4) is 0 Å². The molecule has 0 saturated heterocycles. The van der Waals surface area contributed by atoms with Gasteiger partial charge in [0.25, 0.3) is 5.91 Å². The summed E-state index contributed by atoms with van der Waals surface area (Å²) in [6.07, 6.45) is 0. The summed E-state index contributed by atoms with van der Waals surface area (Å²) in [6.45, 7) is 3.84. The monoisotopic (exact) mass is 463 g/mol. The van der Waals surface area contributed by atoms with E-state index in [1.54, 1.807) is 29.6 Å². The molecule has 1 amide bonds. The van der Waals surface area contributed by atoms with E-state index in [-0.39, 0.29) is 17.2 Å². The largest absolute Gasteiger partial charge is 0.318 e. The Bertz CT molecular complexity index is 1180. The second-order valence-corrected chi connectivity index (χ2v) is 8.76. The van der Waals surface area contributed by atoms with Gasteiger partial charge in [0.2, 0.25) is 0 Å². The molecule has 0 unspecified atom stereocenters. The predicted molar refractivity (Wildman–Crippen MR) is 127 cm³/mol. The maximum atomic E-state index is 13.8. The number of nitrogens with one attached hydrogen (secondary N) is 1. The number of aryl methyl sites for hydroxylation is 1. The van der Waals surface area contributed by atoms with E-state index in [9.17, 15) is 13.6 Å². The second-order valence-electron chi connectivity index (χ2n) is 7.82. The normalized spacial score (nSPS) is 11.0. The summed E-state index contributed by atoms with van der Waals surface area (Å²) in [4.78, 5) is 19.2. The van der Waals surface area contributed by atoms with Crippen LogP contribution in [0.15, 0.2) is 78.2 Å². The standard InChI is InChI=1S/C26H23F2N3OS/c1-18-6-8-19(9-7-18)14-31(15-20-10-12-21(27)13-11-20)16-25-29-24(17-33-25)26(32)30-23-5-3-2-4-22(23)28/h2-13,17H,14-16H2,1H3,(H,30,32). The van der Waals surface area contributed by atoms with Gasteiger partial charge in [0, 0.05) is 18.5 Å². The van der Waals surface area contributed by atoms with E-state index in [2.05, 4.69) is 39.5 Å². The molecule has 0 saturated carbocycles. The molecule has 0 radical (unpaired) electrons. The predicted octanol–water partition coefficient (Wildman–Crippen LogP) is 6.18. The minimum atomic E-state index is -0.495. The lowest BCUT2D eigenvalue weighted by Crippen LogP contribution is -2.22. The quantitative estimate of drug-likeness (QED) is 0.339. The van der Waals surface area contributed by atoms with Crippen LogP contribution in [-0.4, -0.2) is 15.8 Å². The van der Waals surface area contributed by atoms with Gasteiger partial charge in [0.05, 0.1) is 12.2 Å². The Morgan fingerprint density at radius 1 is 0.909 bits per heavy atom.